The molecule has 7 heteroatoms. The van der Waals surface area contributed by atoms with Crippen molar-refractivity contribution in [3.63, 3.8) is 0 Å². The second-order valence-electron chi connectivity index (χ2n) is 5.17. The lowest BCUT2D eigenvalue weighted by Crippen LogP contribution is -3.14. The fourth-order valence-corrected chi connectivity index (χ4v) is 3.18. The number of likely N-dealkylation sites (N-methyl/N-ethyl adjacent to an activating group) is 1. The number of hydrogen-bond acceptors (Lipinski definition) is 4. The second-order valence-corrected chi connectivity index (χ2v) is 6.13. The van der Waals surface area contributed by atoms with Crippen LogP contribution in [0.2, 0.25) is 0 Å². The number of piperazine rings is 1. The molecule has 1 amide bonds. The third kappa shape index (κ3) is 4.57. The molecule has 0 aromatic carbocycles. The summed E-state index contributed by atoms with van der Waals surface area (Å²) in [5, 5.41) is 0.533. The van der Waals surface area contributed by atoms with Crippen LogP contribution >= 0.6 is 11.8 Å². The molecular weight excluding hydrogens is 288 g/mol. The summed E-state index contributed by atoms with van der Waals surface area (Å²) in [6.07, 6.45) is 0.715. The van der Waals surface area contributed by atoms with Crippen LogP contribution in [-0.4, -0.2) is 59.3 Å². The summed E-state index contributed by atoms with van der Waals surface area (Å²) in [5.74, 6) is 0.456. The number of quaternary nitrogens is 1. The van der Waals surface area contributed by atoms with Crippen LogP contribution in [0.15, 0.2) is 16.0 Å². The highest BCUT2D eigenvalue weighted by Crippen LogP contribution is 2.12. The third-order valence-electron chi connectivity index (χ3n) is 3.79. The molecule has 0 atom stereocenters. The molecular formula is C14H23N4O2S+. The molecule has 1 aromatic heterocycles. The van der Waals surface area contributed by atoms with E-state index in [1.165, 1.54) is 17.8 Å². The lowest BCUT2D eigenvalue weighted by molar-refractivity contribution is -0.902. The van der Waals surface area contributed by atoms with Gasteiger partial charge in [0.2, 0.25) is 5.91 Å². The predicted molar refractivity (Wildman–Crippen MR) is 82.8 cm³/mol. The van der Waals surface area contributed by atoms with Gasteiger partial charge in [-0.2, -0.15) is 0 Å². The van der Waals surface area contributed by atoms with Crippen LogP contribution in [0.1, 0.15) is 19.5 Å². The van der Waals surface area contributed by atoms with E-state index in [0.717, 1.165) is 38.4 Å². The van der Waals surface area contributed by atoms with E-state index in [1.807, 2.05) is 11.8 Å². The van der Waals surface area contributed by atoms with E-state index in [0.29, 0.717) is 17.3 Å². The normalized spacial score (nSPS) is 16.2. The molecule has 0 bridgehead atoms. The number of thioether (sulfide) groups is 1. The monoisotopic (exact) mass is 311 g/mol. The summed E-state index contributed by atoms with van der Waals surface area (Å²) in [6.45, 7) is 8.93. The first kappa shape index (κ1) is 16.0. The average Bonchev–Trinajstić information content (AvgIpc) is 2.52. The highest BCUT2D eigenvalue weighted by Gasteiger charge is 2.22. The fraction of sp³-hybridized carbons (Fsp3) is 0.643. The van der Waals surface area contributed by atoms with Gasteiger partial charge in [0.05, 0.1) is 38.5 Å². The number of H-pyrrole nitrogens is 1. The number of carbonyl (C=O) groups is 1. The summed E-state index contributed by atoms with van der Waals surface area (Å²) in [4.78, 5) is 34.1. The van der Waals surface area contributed by atoms with Crippen molar-refractivity contribution in [3.05, 3.63) is 22.1 Å². The van der Waals surface area contributed by atoms with Crippen LogP contribution in [0.3, 0.4) is 0 Å². The molecule has 0 spiro atoms. The molecule has 0 radical (unpaired) electrons. The Kier molecular flexibility index (Phi) is 5.81. The van der Waals surface area contributed by atoms with E-state index < -0.39 is 0 Å². The van der Waals surface area contributed by atoms with Gasteiger partial charge in [0.25, 0.3) is 5.56 Å². The fourth-order valence-electron chi connectivity index (χ4n) is 2.38. The molecule has 0 unspecified atom stereocenters. The molecule has 0 saturated carbocycles. The van der Waals surface area contributed by atoms with Gasteiger partial charge in [-0.15, -0.1) is 0 Å². The predicted octanol–water partition coefficient (Wildman–Crippen LogP) is -0.829. The van der Waals surface area contributed by atoms with Crippen molar-refractivity contribution in [1.82, 2.24) is 14.9 Å². The van der Waals surface area contributed by atoms with E-state index in [-0.39, 0.29) is 11.5 Å². The molecule has 1 aromatic rings. The zero-order valence-electron chi connectivity index (χ0n) is 12.6. The van der Waals surface area contributed by atoms with Crippen molar-refractivity contribution < 1.29 is 9.69 Å². The molecule has 1 saturated heterocycles. The van der Waals surface area contributed by atoms with Crippen LogP contribution in [0.25, 0.3) is 0 Å². The summed E-state index contributed by atoms with van der Waals surface area (Å²) in [5.41, 5.74) is 0.603. The Morgan fingerprint density at radius 2 is 2.14 bits per heavy atom. The number of nitrogens with one attached hydrogen (secondary N) is 2. The number of hydrogen-bond donors (Lipinski definition) is 2. The van der Waals surface area contributed by atoms with Gasteiger partial charge in [-0.3, -0.25) is 9.59 Å². The quantitative estimate of drug-likeness (QED) is 0.550. The molecule has 6 nitrogen and oxygen atoms in total. The van der Waals surface area contributed by atoms with Crippen molar-refractivity contribution >= 4 is 17.7 Å². The van der Waals surface area contributed by atoms with E-state index >= 15 is 0 Å². The Hall–Kier alpha value is -1.34. The van der Waals surface area contributed by atoms with Crippen LogP contribution in [0, 0.1) is 0 Å². The lowest BCUT2D eigenvalue weighted by atomic mass is 10.3. The summed E-state index contributed by atoms with van der Waals surface area (Å²) in [7, 11) is 0. The van der Waals surface area contributed by atoms with Crippen LogP contribution in [0.4, 0.5) is 0 Å². The molecule has 1 fully saturated rings. The Bertz CT molecular complexity index is 538. The first-order valence-electron chi connectivity index (χ1n) is 7.46. The van der Waals surface area contributed by atoms with Gasteiger partial charge < -0.3 is 14.8 Å². The Balaban J connectivity index is 1.87. The summed E-state index contributed by atoms with van der Waals surface area (Å²) in [6, 6.07) is 1.50. The molecule has 0 aliphatic carbocycles. The molecule has 2 heterocycles. The number of aromatic amines is 1. The van der Waals surface area contributed by atoms with Crippen LogP contribution in [0.5, 0.6) is 0 Å². The van der Waals surface area contributed by atoms with Gasteiger partial charge in [0, 0.05) is 11.8 Å². The number of amides is 1. The minimum atomic E-state index is -0.156. The number of rotatable bonds is 5. The molecule has 1 aliphatic heterocycles. The van der Waals surface area contributed by atoms with E-state index in [2.05, 4.69) is 16.9 Å². The van der Waals surface area contributed by atoms with Gasteiger partial charge in [0.15, 0.2) is 5.16 Å². The molecule has 2 N–H and O–H groups in total. The average molecular weight is 311 g/mol. The minimum Gasteiger partial charge on any atom is -0.332 e. The summed E-state index contributed by atoms with van der Waals surface area (Å²) >= 11 is 1.31. The molecule has 2 rings (SSSR count). The first-order chi connectivity index (χ1) is 10.1. The second kappa shape index (κ2) is 7.61. The topological polar surface area (TPSA) is 70.5 Å². The van der Waals surface area contributed by atoms with Gasteiger partial charge in [-0.1, -0.05) is 18.7 Å². The maximum Gasteiger partial charge on any atom is 0.251 e. The lowest BCUT2D eigenvalue weighted by Gasteiger charge is -2.31. The van der Waals surface area contributed by atoms with Gasteiger partial charge in [-0.25, -0.2) is 4.98 Å². The van der Waals surface area contributed by atoms with Crippen molar-refractivity contribution in [2.24, 2.45) is 0 Å². The number of carbonyl (C=O) groups excluding carboxylic acids is 1. The van der Waals surface area contributed by atoms with Gasteiger partial charge in [0.1, 0.15) is 0 Å². The highest BCUT2D eigenvalue weighted by atomic mass is 32.2. The maximum absolute atomic E-state index is 12.2. The van der Waals surface area contributed by atoms with Crippen molar-refractivity contribution in [2.45, 2.75) is 25.4 Å². The van der Waals surface area contributed by atoms with E-state index in [9.17, 15) is 9.59 Å². The van der Waals surface area contributed by atoms with Crippen molar-refractivity contribution in [1.29, 1.82) is 0 Å². The zero-order chi connectivity index (χ0) is 15.2. The maximum atomic E-state index is 12.2. The summed E-state index contributed by atoms with van der Waals surface area (Å²) < 4.78 is 0. The Labute approximate surface area is 128 Å². The van der Waals surface area contributed by atoms with Crippen LogP contribution < -0.4 is 10.5 Å². The van der Waals surface area contributed by atoms with Crippen LogP contribution in [-0.2, 0) is 11.2 Å². The Morgan fingerprint density at radius 3 is 2.76 bits per heavy atom. The first-order valence-corrected chi connectivity index (χ1v) is 8.45. The van der Waals surface area contributed by atoms with Gasteiger partial charge in [-0.05, 0) is 13.3 Å². The van der Waals surface area contributed by atoms with Crippen molar-refractivity contribution in [3.8, 4) is 0 Å². The Morgan fingerprint density at radius 1 is 1.43 bits per heavy atom. The largest absolute Gasteiger partial charge is 0.332 e. The zero-order valence-corrected chi connectivity index (χ0v) is 13.5. The number of nitrogens with zero attached hydrogens (tertiary/aromatic N) is 2. The number of aromatic nitrogens is 2. The van der Waals surface area contributed by atoms with E-state index in [1.54, 1.807) is 4.90 Å². The number of aryl methyl sites for hydroxylation is 1. The third-order valence-corrected chi connectivity index (χ3v) is 4.65. The standard InChI is InChI=1S/C14H22N4O2S/c1-3-11-9-12(19)16-14(15-11)21-10-13(20)18-7-5-17(4-2)6-8-18/h9H,3-8,10H2,1-2H3,(H,15,16,19)/p+1. The highest BCUT2D eigenvalue weighted by molar-refractivity contribution is 7.99. The SMILES string of the molecule is CCc1cc(=O)[nH]c(SCC(=O)N2CC[NH+](CC)CC2)n1. The minimum absolute atomic E-state index is 0.125. The molecule has 21 heavy (non-hydrogen) atoms. The smallest absolute Gasteiger partial charge is 0.251 e. The van der Waals surface area contributed by atoms with Gasteiger partial charge >= 0.3 is 0 Å². The molecule has 116 valence electrons. The molecule has 1 aliphatic rings. The van der Waals surface area contributed by atoms with Crippen molar-refractivity contribution in [2.75, 3.05) is 38.5 Å². The van der Waals surface area contributed by atoms with E-state index in [4.69, 9.17) is 0 Å².